The lowest BCUT2D eigenvalue weighted by molar-refractivity contribution is 0.477. The molecule has 0 saturated carbocycles. The van der Waals surface area contributed by atoms with E-state index in [1.165, 1.54) is 0 Å². The summed E-state index contributed by atoms with van der Waals surface area (Å²) in [6, 6.07) is 11.3. The standard InChI is InChI=1S/C17H15BrClNO/c1-10(2)15-8-17(11(3)4-16(15)19)21-14-6-12(9-20)5-13(18)7-14/h4-8,10H,1-3H3. The molecular weight excluding hydrogens is 350 g/mol. The first kappa shape index (κ1) is 15.9. The molecule has 2 rings (SSSR count). The SMILES string of the molecule is Cc1cc(Cl)c(C(C)C)cc1Oc1cc(Br)cc(C#N)c1. The Hall–Kier alpha value is -1.50. The first-order valence-corrected chi connectivity index (χ1v) is 7.76. The third kappa shape index (κ3) is 3.78. The minimum absolute atomic E-state index is 0.317. The lowest BCUT2D eigenvalue weighted by atomic mass is 10.0. The predicted octanol–water partition coefficient (Wildman–Crippen LogP) is 6.20. The van der Waals surface area contributed by atoms with Crippen LogP contribution in [0.25, 0.3) is 0 Å². The molecule has 0 radical (unpaired) electrons. The molecule has 0 aliphatic rings. The van der Waals surface area contributed by atoms with Gasteiger partial charge in [0.1, 0.15) is 11.5 Å². The van der Waals surface area contributed by atoms with Crippen LogP contribution in [0.2, 0.25) is 5.02 Å². The van der Waals surface area contributed by atoms with Gasteiger partial charge in [-0.05, 0) is 54.3 Å². The summed E-state index contributed by atoms with van der Waals surface area (Å²) < 4.78 is 6.75. The minimum atomic E-state index is 0.317. The summed E-state index contributed by atoms with van der Waals surface area (Å²) in [5.74, 6) is 1.70. The van der Waals surface area contributed by atoms with Crippen LogP contribution in [0.3, 0.4) is 0 Å². The summed E-state index contributed by atoms with van der Waals surface area (Å²) >= 11 is 9.65. The van der Waals surface area contributed by atoms with Gasteiger partial charge in [0.2, 0.25) is 0 Å². The molecule has 0 N–H and O–H groups in total. The van der Waals surface area contributed by atoms with Crippen molar-refractivity contribution in [1.29, 1.82) is 5.26 Å². The van der Waals surface area contributed by atoms with Gasteiger partial charge in [-0.2, -0.15) is 5.26 Å². The molecule has 0 aliphatic carbocycles. The fraction of sp³-hybridized carbons (Fsp3) is 0.235. The maximum absolute atomic E-state index is 9.02. The third-order valence-electron chi connectivity index (χ3n) is 3.14. The van der Waals surface area contributed by atoms with Gasteiger partial charge in [-0.3, -0.25) is 0 Å². The van der Waals surface area contributed by atoms with Crippen molar-refractivity contribution in [1.82, 2.24) is 0 Å². The van der Waals surface area contributed by atoms with E-state index in [-0.39, 0.29) is 0 Å². The van der Waals surface area contributed by atoms with Crippen LogP contribution in [-0.2, 0) is 0 Å². The number of benzene rings is 2. The first-order chi connectivity index (χ1) is 9.90. The molecule has 2 aromatic rings. The molecule has 0 aliphatic heterocycles. The van der Waals surface area contributed by atoms with Crippen LogP contribution in [0, 0.1) is 18.3 Å². The fourth-order valence-electron chi connectivity index (χ4n) is 2.03. The van der Waals surface area contributed by atoms with Crippen LogP contribution in [0.4, 0.5) is 0 Å². The highest BCUT2D eigenvalue weighted by atomic mass is 79.9. The van der Waals surface area contributed by atoms with Crippen LogP contribution in [0.5, 0.6) is 11.5 Å². The smallest absolute Gasteiger partial charge is 0.130 e. The van der Waals surface area contributed by atoms with Gasteiger partial charge in [0, 0.05) is 9.50 Å². The van der Waals surface area contributed by atoms with Crippen molar-refractivity contribution in [2.75, 3.05) is 0 Å². The molecule has 2 nitrogen and oxygen atoms in total. The maximum atomic E-state index is 9.02. The highest BCUT2D eigenvalue weighted by Gasteiger charge is 2.11. The Kier molecular flexibility index (Phi) is 4.92. The van der Waals surface area contributed by atoms with Crippen LogP contribution in [-0.4, -0.2) is 0 Å². The number of hydrogen-bond donors (Lipinski definition) is 0. The van der Waals surface area contributed by atoms with E-state index >= 15 is 0 Å². The lowest BCUT2D eigenvalue weighted by Gasteiger charge is -2.14. The van der Waals surface area contributed by atoms with E-state index in [0.29, 0.717) is 17.2 Å². The molecule has 0 fully saturated rings. The second-order valence-corrected chi connectivity index (χ2v) is 6.51. The molecule has 0 amide bonds. The zero-order chi connectivity index (χ0) is 15.6. The molecule has 0 spiro atoms. The van der Waals surface area contributed by atoms with E-state index in [0.717, 1.165) is 26.4 Å². The maximum Gasteiger partial charge on any atom is 0.130 e. The molecule has 0 heterocycles. The molecule has 4 heteroatoms. The summed E-state index contributed by atoms with van der Waals surface area (Å²) in [6.07, 6.45) is 0. The molecule has 0 unspecified atom stereocenters. The van der Waals surface area contributed by atoms with E-state index in [2.05, 4.69) is 35.8 Å². The summed E-state index contributed by atoms with van der Waals surface area (Å²) in [6.45, 7) is 6.13. The van der Waals surface area contributed by atoms with Gasteiger partial charge >= 0.3 is 0 Å². The topological polar surface area (TPSA) is 33.0 Å². The number of hydrogen-bond acceptors (Lipinski definition) is 2. The Bertz CT molecular complexity index is 719. The Morgan fingerprint density at radius 3 is 2.52 bits per heavy atom. The summed E-state index contributed by atoms with van der Waals surface area (Å²) in [4.78, 5) is 0. The molecule has 0 aromatic heterocycles. The van der Waals surface area contributed by atoms with Gasteiger partial charge in [-0.25, -0.2) is 0 Å². The fourth-order valence-corrected chi connectivity index (χ4v) is 2.94. The molecule has 2 aromatic carbocycles. The van der Waals surface area contributed by atoms with E-state index in [1.54, 1.807) is 12.1 Å². The number of nitriles is 1. The Labute approximate surface area is 138 Å². The van der Waals surface area contributed by atoms with E-state index in [1.807, 2.05) is 25.1 Å². The van der Waals surface area contributed by atoms with Crippen molar-refractivity contribution >= 4 is 27.5 Å². The monoisotopic (exact) mass is 363 g/mol. The molecule has 0 atom stereocenters. The summed E-state index contributed by atoms with van der Waals surface area (Å²) in [5, 5.41) is 9.77. The van der Waals surface area contributed by atoms with Crippen LogP contribution in [0.15, 0.2) is 34.8 Å². The quantitative estimate of drug-likeness (QED) is 0.649. The van der Waals surface area contributed by atoms with Gasteiger partial charge < -0.3 is 4.74 Å². The normalized spacial score (nSPS) is 10.5. The van der Waals surface area contributed by atoms with Crippen molar-refractivity contribution in [3.8, 4) is 17.6 Å². The van der Waals surface area contributed by atoms with Gasteiger partial charge in [0.05, 0.1) is 11.6 Å². The third-order valence-corrected chi connectivity index (χ3v) is 3.93. The number of ether oxygens (including phenoxy) is 1. The van der Waals surface area contributed by atoms with E-state index in [9.17, 15) is 0 Å². The largest absolute Gasteiger partial charge is 0.457 e. The zero-order valence-electron chi connectivity index (χ0n) is 12.1. The molecule has 0 saturated heterocycles. The van der Waals surface area contributed by atoms with Gasteiger partial charge in [-0.15, -0.1) is 0 Å². The summed E-state index contributed by atoms with van der Waals surface area (Å²) in [7, 11) is 0. The Morgan fingerprint density at radius 1 is 1.19 bits per heavy atom. The Balaban J connectivity index is 2.42. The van der Waals surface area contributed by atoms with Crippen LogP contribution in [0.1, 0.15) is 36.5 Å². The van der Waals surface area contributed by atoms with Gasteiger partial charge in [0.15, 0.2) is 0 Å². The van der Waals surface area contributed by atoms with Crippen molar-refractivity contribution in [3.63, 3.8) is 0 Å². The predicted molar refractivity (Wildman–Crippen MR) is 89.2 cm³/mol. The molecular formula is C17H15BrClNO. The molecule has 108 valence electrons. The average Bonchev–Trinajstić information content (AvgIpc) is 2.40. The van der Waals surface area contributed by atoms with E-state index in [4.69, 9.17) is 21.6 Å². The second-order valence-electron chi connectivity index (χ2n) is 5.18. The van der Waals surface area contributed by atoms with Crippen molar-refractivity contribution in [2.45, 2.75) is 26.7 Å². The van der Waals surface area contributed by atoms with Crippen molar-refractivity contribution in [3.05, 3.63) is 56.5 Å². The van der Waals surface area contributed by atoms with Gasteiger partial charge in [0.25, 0.3) is 0 Å². The number of nitrogens with zero attached hydrogens (tertiary/aromatic N) is 1. The number of halogens is 2. The molecule has 21 heavy (non-hydrogen) atoms. The highest BCUT2D eigenvalue weighted by Crippen LogP contribution is 2.34. The summed E-state index contributed by atoms with van der Waals surface area (Å²) in [5.41, 5.74) is 2.56. The number of rotatable bonds is 3. The minimum Gasteiger partial charge on any atom is -0.457 e. The highest BCUT2D eigenvalue weighted by molar-refractivity contribution is 9.10. The lowest BCUT2D eigenvalue weighted by Crippen LogP contribution is -1.94. The average molecular weight is 365 g/mol. The second kappa shape index (κ2) is 6.51. The van der Waals surface area contributed by atoms with Gasteiger partial charge in [-0.1, -0.05) is 41.4 Å². The first-order valence-electron chi connectivity index (χ1n) is 6.59. The van der Waals surface area contributed by atoms with E-state index < -0.39 is 0 Å². The van der Waals surface area contributed by atoms with Crippen LogP contribution >= 0.6 is 27.5 Å². The zero-order valence-corrected chi connectivity index (χ0v) is 14.4. The Morgan fingerprint density at radius 2 is 1.90 bits per heavy atom. The van der Waals surface area contributed by atoms with Crippen molar-refractivity contribution in [2.24, 2.45) is 0 Å². The van der Waals surface area contributed by atoms with Crippen molar-refractivity contribution < 1.29 is 4.74 Å². The molecule has 0 bridgehead atoms. The van der Waals surface area contributed by atoms with Crippen LogP contribution < -0.4 is 4.74 Å². The number of aryl methyl sites for hydroxylation is 1.